The third-order valence-corrected chi connectivity index (χ3v) is 5.28. The highest BCUT2D eigenvalue weighted by Gasteiger charge is 2.33. The van der Waals surface area contributed by atoms with Gasteiger partial charge in [0, 0.05) is 24.7 Å². The summed E-state index contributed by atoms with van der Waals surface area (Å²) >= 11 is 5.97. The Labute approximate surface area is 162 Å². The van der Waals surface area contributed by atoms with E-state index >= 15 is 0 Å². The lowest BCUT2D eigenvalue weighted by molar-refractivity contribution is -0.124. The fraction of sp³-hybridized carbons (Fsp3) is 0.300. The zero-order chi connectivity index (χ0) is 18.8. The van der Waals surface area contributed by atoms with Crippen molar-refractivity contribution in [2.45, 2.75) is 19.5 Å². The van der Waals surface area contributed by atoms with Crippen molar-refractivity contribution in [3.8, 4) is 0 Å². The summed E-state index contributed by atoms with van der Waals surface area (Å²) in [5.74, 6) is 0.815. The molecule has 2 unspecified atom stereocenters. The van der Waals surface area contributed by atoms with E-state index in [1.807, 2.05) is 49.4 Å². The Morgan fingerprint density at radius 2 is 2.04 bits per heavy atom. The molecule has 1 fully saturated rings. The second kappa shape index (κ2) is 7.68. The minimum Gasteiger partial charge on any atom is -0.354 e. The van der Waals surface area contributed by atoms with Gasteiger partial charge in [0.2, 0.25) is 5.91 Å². The number of para-hydroxylation sites is 2. The summed E-state index contributed by atoms with van der Waals surface area (Å²) < 4.78 is 2.14. The highest BCUT2D eigenvalue weighted by atomic mass is 35.5. The van der Waals surface area contributed by atoms with Crippen molar-refractivity contribution < 1.29 is 4.79 Å². The van der Waals surface area contributed by atoms with Crippen LogP contribution in [0.5, 0.6) is 0 Å². The van der Waals surface area contributed by atoms with Crippen LogP contribution in [0.4, 0.5) is 0 Å². The highest BCUT2D eigenvalue weighted by molar-refractivity contribution is 6.30. The normalized spacial score (nSPS) is 19.5. The maximum Gasteiger partial charge on any atom is 0.226 e. The molecule has 7 heteroatoms. The van der Waals surface area contributed by atoms with Crippen LogP contribution in [-0.4, -0.2) is 28.5 Å². The van der Waals surface area contributed by atoms with E-state index in [9.17, 15) is 4.79 Å². The van der Waals surface area contributed by atoms with Gasteiger partial charge in [-0.1, -0.05) is 35.9 Å². The average Bonchev–Trinajstić information content (AvgIpc) is 3.27. The predicted molar refractivity (Wildman–Crippen MR) is 106 cm³/mol. The molecular formula is C20H22ClN5O. The number of hydrogen-bond donors (Lipinski definition) is 3. The number of nitrogens with one attached hydrogen (secondary N) is 3. The first-order valence-corrected chi connectivity index (χ1v) is 9.45. The largest absolute Gasteiger partial charge is 0.354 e. The molecule has 3 aromatic rings. The molecule has 0 bridgehead atoms. The fourth-order valence-corrected chi connectivity index (χ4v) is 3.75. The molecular weight excluding hydrogens is 362 g/mol. The van der Waals surface area contributed by atoms with Gasteiger partial charge in [-0.2, -0.15) is 0 Å². The van der Waals surface area contributed by atoms with Crippen molar-refractivity contribution in [1.29, 1.82) is 0 Å². The quantitative estimate of drug-likeness (QED) is 0.633. The van der Waals surface area contributed by atoms with E-state index in [0.717, 1.165) is 22.4 Å². The van der Waals surface area contributed by atoms with E-state index < -0.39 is 0 Å². The van der Waals surface area contributed by atoms with E-state index in [2.05, 4.69) is 31.8 Å². The molecule has 0 spiro atoms. The summed E-state index contributed by atoms with van der Waals surface area (Å²) in [5, 5.41) is 3.76. The summed E-state index contributed by atoms with van der Waals surface area (Å²) in [7, 11) is 0. The molecule has 1 aliphatic heterocycles. The number of imidazole rings is 1. The SMILES string of the molecule is Cc1nc2ccccc2n1CCNC(=O)C1CNNC1c1ccc(Cl)cc1. The van der Waals surface area contributed by atoms with Crippen LogP contribution in [0.2, 0.25) is 5.02 Å². The molecule has 2 aromatic carbocycles. The second-order valence-electron chi connectivity index (χ2n) is 6.75. The molecule has 0 radical (unpaired) electrons. The summed E-state index contributed by atoms with van der Waals surface area (Å²) in [5.41, 5.74) is 9.40. The predicted octanol–water partition coefficient (Wildman–Crippen LogP) is 2.58. The molecule has 2 heterocycles. The summed E-state index contributed by atoms with van der Waals surface area (Å²) in [6, 6.07) is 15.6. The van der Waals surface area contributed by atoms with Gasteiger partial charge in [0.15, 0.2) is 0 Å². The third-order valence-electron chi connectivity index (χ3n) is 5.03. The van der Waals surface area contributed by atoms with E-state index in [-0.39, 0.29) is 17.9 Å². The summed E-state index contributed by atoms with van der Waals surface area (Å²) in [6.07, 6.45) is 0. The highest BCUT2D eigenvalue weighted by Crippen LogP contribution is 2.26. The number of benzene rings is 2. The Morgan fingerprint density at radius 3 is 2.85 bits per heavy atom. The van der Waals surface area contributed by atoms with Crippen molar-refractivity contribution in [2.24, 2.45) is 5.92 Å². The van der Waals surface area contributed by atoms with Gasteiger partial charge in [-0.15, -0.1) is 0 Å². The van der Waals surface area contributed by atoms with Crippen molar-refractivity contribution in [3.63, 3.8) is 0 Å². The topological polar surface area (TPSA) is 71.0 Å². The molecule has 1 amide bonds. The van der Waals surface area contributed by atoms with Gasteiger partial charge >= 0.3 is 0 Å². The molecule has 1 aliphatic rings. The van der Waals surface area contributed by atoms with Crippen molar-refractivity contribution in [2.75, 3.05) is 13.1 Å². The average molecular weight is 384 g/mol. The number of carbonyl (C=O) groups excluding carboxylic acids is 1. The molecule has 2 atom stereocenters. The zero-order valence-corrected chi connectivity index (χ0v) is 15.8. The van der Waals surface area contributed by atoms with E-state index in [4.69, 9.17) is 11.6 Å². The van der Waals surface area contributed by atoms with E-state index in [1.165, 1.54) is 0 Å². The first-order valence-electron chi connectivity index (χ1n) is 9.07. The number of aryl methyl sites for hydroxylation is 1. The molecule has 1 saturated heterocycles. The van der Waals surface area contributed by atoms with Crippen LogP contribution >= 0.6 is 11.6 Å². The molecule has 140 valence electrons. The Hall–Kier alpha value is -2.41. The molecule has 0 saturated carbocycles. The minimum absolute atomic E-state index is 0.0366. The Balaban J connectivity index is 1.40. The van der Waals surface area contributed by atoms with Gasteiger partial charge in [0.25, 0.3) is 0 Å². The maximum absolute atomic E-state index is 12.7. The monoisotopic (exact) mass is 383 g/mol. The first-order chi connectivity index (χ1) is 13.1. The van der Waals surface area contributed by atoms with Gasteiger partial charge in [-0.25, -0.2) is 10.4 Å². The molecule has 27 heavy (non-hydrogen) atoms. The number of rotatable bonds is 5. The lowest BCUT2D eigenvalue weighted by Crippen LogP contribution is -2.36. The Bertz CT molecular complexity index is 953. The standard InChI is InChI=1S/C20H22ClN5O/c1-13-24-17-4-2-3-5-18(17)26(13)11-10-22-20(27)16-12-23-25-19(16)14-6-8-15(21)9-7-14/h2-9,16,19,23,25H,10-12H2,1H3,(H,22,27). The molecule has 1 aromatic heterocycles. The fourth-order valence-electron chi connectivity index (χ4n) is 3.63. The minimum atomic E-state index is -0.174. The van der Waals surface area contributed by atoms with Gasteiger partial charge in [0.05, 0.1) is 23.0 Å². The number of fused-ring (bicyclic) bond motifs is 1. The first kappa shape index (κ1) is 18.0. The summed E-state index contributed by atoms with van der Waals surface area (Å²) in [4.78, 5) is 17.3. The summed E-state index contributed by atoms with van der Waals surface area (Å²) in [6.45, 7) is 3.83. The van der Waals surface area contributed by atoms with Crippen molar-refractivity contribution in [1.82, 2.24) is 25.7 Å². The van der Waals surface area contributed by atoms with Gasteiger partial charge in [0.1, 0.15) is 5.82 Å². The van der Waals surface area contributed by atoms with Crippen molar-refractivity contribution in [3.05, 3.63) is 64.9 Å². The zero-order valence-electron chi connectivity index (χ0n) is 15.1. The van der Waals surface area contributed by atoms with E-state index in [1.54, 1.807) is 0 Å². The van der Waals surface area contributed by atoms with Crippen LogP contribution in [0, 0.1) is 12.8 Å². The van der Waals surface area contributed by atoms with Crippen LogP contribution in [-0.2, 0) is 11.3 Å². The van der Waals surface area contributed by atoms with Gasteiger partial charge in [-0.3, -0.25) is 10.2 Å². The van der Waals surface area contributed by atoms with E-state index in [0.29, 0.717) is 24.7 Å². The number of amides is 1. The molecule has 0 aliphatic carbocycles. The van der Waals surface area contributed by atoms with Crippen LogP contribution < -0.4 is 16.2 Å². The van der Waals surface area contributed by atoms with Crippen LogP contribution in [0.15, 0.2) is 48.5 Å². The Kier molecular flexibility index (Phi) is 5.11. The molecule has 3 N–H and O–H groups in total. The number of nitrogens with zero attached hydrogens (tertiary/aromatic N) is 2. The molecule has 4 rings (SSSR count). The number of hydrazine groups is 1. The van der Waals surface area contributed by atoms with Crippen LogP contribution in [0.3, 0.4) is 0 Å². The smallest absolute Gasteiger partial charge is 0.226 e. The Morgan fingerprint density at radius 1 is 1.26 bits per heavy atom. The van der Waals surface area contributed by atoms with Gasteiger partial charge in [-0.05, 0) is 36.8 Å². The van der Waals surface area contributed by atoms with Gasteiger partial charge < -0.3 is 9.88 Å². The number of carbonyl (C=O) groups is 1. The number of aromatic nitrogens is 2. The third kappa shape index (κ3) is 3.69. The lowest BCUT2D eigenvalue weighted by atomic mass is 9.94. The second-order valence-corrected chi connectivity index (χ2v) is 7.19. The number of halogens is 1. The maximum atomic E-state index is 12.7. The van der Waals surface area contributed by atoms with Crippen LogP contribution in [0.25, 0.3) is 11.0 Å². The lowest BCUT2D eigenvalue weighted by Gasteiger charge is -2.19. The van der Waals surface area contributed by atoms with Crippen molar-refractivity contribution >= 4 is 28.5 Å². The molecule has 6 nitrogen and oxygen atoms in total. The van der Waals surface area contributed by atoms with Crippen LogP contribution in [0.1, 0.15) is 17.4 Å². The number of hydrogen-bond acceptors (Lipinski definition) is 4.